The average molecular weight is 227 g/mol. The van der Waals surface area contributed by atoms with Crippen LogP contribution in [0.4, 0.5) is 0 Å². The summed E-state index contributed by atoms with van der Waals surface area (Å²) >= 11 is 3.31. The molecule has 0 aliphatic heterocycles. The van der Waals surface area contributed by atoms with Gasteiger partial charge >= 0.3 is 0 Å². The Balaban J connectivity index is 2.80. The van der Waals surface area contributed by atoms with E-state index >= 15 is 0 Å². The Morgan fingerprint density at radius 1 is 1.42 bits per heavy atom. The minimum absolute atomic E-state index is 0.750. The summed E-state index contributed by atoms with van der Waals surface area (Å²) in [5, 5.41) is 0. The fraction of sp³-hybridized carbons (Fsp3) is 0.286. The van der Waals surface area contributed by atoms with E-state index in [1.54, 1.807) is 6.33 Å². The molecule has 4 nitrogen and oxygen atoms in total. The summed E-state index contributed by atoms with van der Waals surface area (Å²) in [4.78, 5) is 12.3. The number of hydrogen-bond donors (Lipinski definition) is 0. The summed E-state index contributed by atoms with van der Waals surface area (Å²) in [7, 11) is 0. The summed E-state index contributed by atoms with van der Waals surface area (Å²) < 4.78 is 2.72. The number of rotatable bonds is 1. The van der Waals surface area contributed by atoms with E-state index in [9.17, 15) is 0 Å². The van der Waals surface area contributed by atoms with Crippen LogP contribution < -0.4 is 0 Å². The van der Waals surface area contributed by atoms with Gasteiger partial charge in [0.2, 0.25) is 0 Å². The molecule has 0 radical (unpaired) electrons. The Morgan fingerprint density at radius 2 is 2.25 bits per heavy atom. The highest BCUT2D eigenvalue weighted by Gasteiger charge is 2.05. The zero-order valence-corrected chi connectivity index (χ0v) is 8.11. The van der Waals surface area contributed by atoms with Gasteiger partial charge in [-0.25, -0.2) is 15.0 Å². The van der Waals surface area contributed by atoms with Crippen molar-refractivity contribution in [2.45, 2.75) is 13.5 Å². The molecule has 2 aromatic heterocycles. The van der Waals surface area contributed by atoms with Crippen molar-refractivity contribution in [3.8, 4) is 0 Å². The van der Waals surface area contributed by atoms with Gasteiger partial charge in [0, 0.05) is 6.54 Å². The monoisotopic (exact) mass is 226 g/mol. The first-order valence-electron chi connectivity index (χ1n) is 3.64. The molecule has 2 heterocycles. The summed E-state index contributed by atoms with van der Waals surface area (Å²) in [6, 6.07) is 0. The number of imidazole rings is 1. The van der Waals surface area contributed by atoms with Crippen molar-refractivity contribution in [3.63, 3.8) is 0 Å². The molecule has 2 rings (SSSR count). The highest BCUT2D eigenvalue weighted by atomic mass is 79.9. The molecule has 62 valence electrons. The quantitative estimate of drug-likeness (QED) is 0.695. The highest BCUT2D eigenvalue weighted by molar-refractivity contribution is 9.10. The van der Waals surface area contributed by atoms with Crippen molar-refractivity contribution < 1.29 is 0 Å². The average Bonchev–Trinajstić information content (AvgIpc) is 2.49. The van der Waals surface area contributed by atoms with E-state index in [2.05, 4.69) is 37.8 Å². The molecular weight excluding hydrogens is 220 g/mol. The Kier molecular flexibility index (Phi) is 1.80. The fourth-order valence-electron chi connectivity index (χ4n) is 1.08. The van der Waals surface area contributed by atoms with E-state index < -0.39 is 0 Å². The first-order chi connectivity index (χ1) is 5.83. The highest BCUT2D eigenvalue weighted by Crippen LogP contribution is 2.17. The van der Waals surface area contributed by atoms with Crippen molar-refractivity contribution in [2.75, 3.05) is 0 Å². The molecule has 0 saturated carbocycles. The number of fused-ring (bicyclic) bond motifs is 1. The fourth-order valence-corrected chi connectivity index (χ4v) is 1.45. The lowest BCUT2D eigenvalue weighted by Crippen LogP contribution is -1.93. The van der Waals surface area contributed by atoms with Crippen molar-refractivity contribution >= 4 is 27.1 Å². The molecule has 0 atom stereocenters. The number of nitrogens with zero attached hydrogens (tertiary/aromatic N) is 4. The van der Waals surface area contributed by atoms with Crippen LogP contribution in [-0.4, -0.2) is 19.5 Å². The number of hydrogen-bond acceptors (Lipinski definition) is 3. The van der Waals surface area contributed by atoms with Crippen molar-refractivity contribution in [2.24, 2.45) is 0 Å². The molecule has 0 aliphatic carbocycles. The van der Waals surface area contributed by atoms with E-state index in [4.69, 9.17) is 0 Å². The predicted molar refractivity (Wildman–Crippen MR) is 48.7 cm³/mol. The van der Waals surface area contributed by atoms with Crippen LogP contribution in [0.5, 0.6) is 0 Å². The van der Waals surface area contributed by atoms with E-state index in [0.717, 1.165) is 22.3 Å². The van der Waals surface area contributed by atoms with Gasteiger partial charge in [0.15, 0.2) is 5.65 Å². The molecule has 0 unspecified atom stereocenters. The largest absolute Gasteiger partial charge is 0.315 e. The first-order valence-corrected chi connectivity index (χ1v) is 4.43. The molecule has 0 spiro atoms. The second-order valence-corrected chi connectivity index (χ2v) is 3.12. The van der Waals surface area contributed by atoms with E-state index in [1.165, 1.54) is 6.33 Å². The molecular formula is C7H7BrN4. The Bertz CT molecular complexity index is 409. The third kappa shape index (κ3) is 1.01. The first kappa shape index (κ1) is 7.67. The normalized spacial score (nSPS) is 10.8. The van der Waals surface area contributed by atoms with Crippen LogP contribution in [0.3, 0.4) is 0 Å². The van der Waals surface area contributed by atoms with Crippen LogP contribution in [-0.2, 0) is 6.54 Å². The molecule has 0 amide bonds. The van der Waals surface area contributed by atoms with Gasteiger partial charge in [0.25, 0.3) is 0 Å². The van der Waals surface area contributed by atoms with Gasteiger partial charge in [-0.2, -0.15) is 0 Å². The van der Waals surface area contributed by atoms with Crippen LogP contribution in [0.2, 0.25) is 0 Å². The summed E-state index contributed by atoms with van der Waals surface area (Å²) in [5.74, 6) is 0. The van der Waals surface area contributed by atoms with Crippen LogP contribution in [0.25, 0.3) is 11.2 Å². The second-order valence-electron chi connectivity index (χ2n) is 2.37. The molecule has 0 aliphatic rings. The van der Waals surface area contributed by atoms with Crippen molar-refractivity contribution in [1.82, 2.24) is 19.5 Å². The maximum atomic E-state index is 4.18. The molecule has 0 fully saturated rings. The number of halogens is 1. The standard InChI is InChI=1S/C7H7BrN4/c1-2-12-4-11-5-6(8)9-3-10-7(5)12/h3-4H,2H2,1H3. The maximum absolute atomic E-state index is 4.18. The van der Waals surface area contributed by atoms with Gasteiger partial charge in [0.05, 0.1) is 6.33 Å². The van der Waals surface area contributed by atoms with Crippen molar-refractivity contribution in [3.05, 3.63) is 17.3 Å². The molecule has 2 aromatic rings. The SMILES string of the molecule is CCn1cnc2c(Br)ncnc21. The Morgan fingerprint density at radius 3 is 3.00 bits per heavy atom. The summed E-state index contributed by atoms with van der Waals surface area (Å²) in [6.45, 7) is 2.93. The Labute approximate surface area is 77.8 Å². The van der Waals surface area contributed by atoms with E-state index in [-0.39, 0.29) is 0 Å². The third-order valence-electron chi connectivity index (χ3n) is 1.70. The summed E-state index contributed by atoms with van der Waals surface area (Å²) in [6.07, 6.45) is 3.30. The van der Waals surface area contributed by atoms with Gasteiger partial charge < -0.3 is 4.57 Å². The zero-order chi connectivity index (χ0) is 8.55. The molecule has 5 heteroatoms. The zero-order valence-electron chi connectivity index (χ0n) is 6.53. The van der Waals surface area contributed by atoms with Crippen LogP contribution in [0.1, 0.15) is 6.92 Å². The minimum Gasteiger partial charge on any atom is -0.315 e. The van der Waals surface area contributed by atoms with Gasteiger partial charge in [-0.1, -0.05) is 0 Å². The molecule has 12 heavy (non-hydrogen) atoms. The van der Waals surface area contributed by atoms with E-state index in [1.807, 2.05) is 4.57 Å². The second kappa shape index (κ2) is 2.82. The molecule has 0 N–H and O–H groups in total. The van der Waals surface area contributed by atoms with Crippen LogP contribution in [0, 0.1) is 0 Å². The molecule has 0 saturated heterocycles. The lowest BCUT2D eigenvalue weighted by molar-refractivity contribution is 0.777. The van der Waals surface area contributed by atoms with E-state index in [0.29, 0.717) is 0 Å². The van der Waals surface area contributed by atoms with Gasteiger partial charge in [-0.3, -0.25) is 0 Å². The predicted octanol–water partition coefficient (Wildman–Crippen LogP) is 1.61. The lowest BCUT2D eigenvalue weighted by Gasteiger charge is -1.96. The van der Waals surface area contributed by atoms with Gasteiger partial charge in [-0.15, -0.1) is 0 Å². The topological polar surface area (TPSA) is 43.6 Å². The lowest BCUT2D eigenvalue weighted by atomic mass is 10.5. The van der Waals surface area contributed by atoms with Crippen molar-refractivity contribution in [1.29, 1.82) is 0 Å². The molecule has 0 bridgehead atoms. The van der Waals surface area contributed by atoms with Gasteiger partial charge in [0.1, 0.15) is 16.4 Å². The van der Waals surface area contributed by atoms with Gasteiger partial charge in [-0.05, 0) is 22.9 Å². The van der Waals surface area contributed by atoms with Crippen LogP contribution in [0.15, 0.2) is 17.3 Å². The number of aromatic nitrogens is 4. The summed E-state index contributed by atoms with van der Waals surface area (Å²) in [5.41, 5.74) is 1.69. The minimum atomic E-state index is 0.750. The van der Waals surface area contributed by atoms with Crippen LogP contribution >= 0.6 is 15.9 Å². The molecule has 0 aromatic carbocycles. The Hall–Kier alpha value is -0.970. The third-order valence-corrected chi connectivity index (χ3v) is 2.28. The number of aryl methyl sites for hydroxylation is 1. The smallest absolute Gasteiger partial charge is 0.164 e. The maximum Gasteiger partial charge on any atom is 0.164 e.